The van der Waals surface area contributed by atoms with Crippen LogP contribution in [0.15, 0.2) is 0 Å². The molecule has 4 atom stereocenters. The van der Waals surface area contributed by atoms with Crippen molar-refractivity contribution in [2.24, 2.45) is 17.3 Å². The SMILES string of the molecule is COC(=O)C1C2CCC1(C)C(O)C2. The molecule has 0 aromatic rings. The highest BCUT2D eigenvalue weighted by Crippen LogP contribution is 2.58. The normalized spacial score (nSPS) is 48.1. The van der Waals surface area contributed by atoms with E-state index < -0.39 is 0 Å². The first-order chi connectivity index (χ1) is 6.09. The highest BCUT2D eigenvalue weighted by Gasteiger charge is 2.59. The van der Waals surface area contributed by atoms with Crippen LogP contribution in [0.1, 0.15) is 26.2 Å². The molecule has 0 aromatic heterocycles. The quantitative estimate of drug-likeness (QED) is 0.617. The molecule has 0 heterocycles. The van der Waals surface area contributed by atoms with Crippen LogP contribution in [0.25, 0.3) is 0 Å². The highest BCUT2D eigenvalue weighted by molar-refractivity contribution is 5.74. The highest BCUT2D eigenvalue weighted by atomic mass is 16.5. The lowest BCUT2D eigenvalue weighted by Gasteiger charge is -2.29. The van der Waals surface area contributed by atoms with Crippen molar-refractivity contribution in [1.82, 2.24) is 0 Å². The Morgan fingerprint density at radius 3 is 2.69 bits per heavy atom. The van der Waals surface area contributed by atoms with Gasteiger partial charge in [-0.15, -0.1) is 0 Å². The Balaban J connectivity index is 2.26. The average molecular weight is 184 g/mol. The van der Waals surface area contributed by atoms with Crippen LogP contribution in [0.5, 0.6) is 0 Å². The molecule has 3 heteroatoms. The fourth-order valence-electron chi connectivity index (χ4n) is 3.13. The molecule has 2 bridgehead atoms. The number of aliphatic hydroxyl groups excluding tert-OH is 1. The van der Waals surface area contributed by atoms with Crippen molar-refractivity contribution in [2.45, 2.75) is 32.3 Å². The number of esters is 1. The summed E-state index contributed by atoms with van der Waals surface area (Å²) in [4.78, 5) is 11.5. The monoisotopic (exact) mass is 184 g/mol. The van der Waals surface area contributed by atoms with Crippen molar-refractivity contribution >= 4 is 5.97 Å². The molecule has 2 saturated carbocycles. The summed E-state index contributed by atoms with van der Waals surface area (Å²) in [7, 11) is 1.43. The van der Waals surface area contributed by atoms with Crippen molar-refractivity contribution in [3.05, 3.63) is 0 Å². The minimum Gasteiger partial charge on any atom is -0.469 e. The molecule has 0 saturated heterocycles. The van der Waals surface area contributed by atoms with Gasteiger partial charge in [-0.25, -0.2) is 0 Å². The third kappa shape index (κ3) is 1.03. The van der Waals surface area contributed by atoms with Gasteiger partial charge in [0.15, 0.2) is 0 Å². The maximum atomic E-state index is 11.5. The Morgan fingerprint density at radius 1 is 1.62 bits per heavy atom. The van der Waals surface area contributed by atoms with Crippen LogP contribution in [0.3, 0.4) is 0 Å². The molecule has 2 rings (SSSR count). The lowest BCUT2D eigenvalue weighted by atomic mass is 9.79. The molecule has 13 heavy (non-hydrogen) atoms. The van der Waals surface area contributed by atoms with E-state index in [1.54, 1.807) is 0 Å². The summed E-state index contributed by atoms with van der Waals surface area (Å²) in [6.45, 7) is 2.01. The summed E-state index contributed by atoms with van der Waals surface area (Å²) >= 11 is 0. The van der Waals surface area contributed by atoms with Crippen LogP contribution in [0.2, 0.25) is 0 Å². The zero-order valence-corrected chi connectivity index (χ0v) is 8.12. The lowest BCUT2D eigenvalue weighted by Crippen LogP contribution is -2.34. The summed E-state index contributed by atoms with van der Waals surface area (Å²) in [5.41, 5.74) is -0.211. The van der Waals surface area contributed by atoms with E-state index >= 15 is 0 Å². The van der Waals surface area contributed by atoms with E-state index in [0.29, 0.717) is 5.92 Å². The largest absolute Gasteiger partial charge is 0.469 e. The zero-order chi connectivity index (χ0) is 9.64. The molecular formula is C10H16O3. The van der Waals surface area contributed by atoms with E-state index in [9.17, 15) is 9.90 Å². The average Bonchev–Trinajstić information content (AvgIpc) is 2.54. The third-order valence-corrected chi connectivity index (χ3v) is 3.98. The minimum absolute atomic E-state index is 0.0625. The van der Waals surface area contributed by atoms with Gasteiger partial charge in [-0.05, 0) is 25.2 Å². The van der Waals surface area contributed by atoms with E-state index in [2.05, 4.69) is 0 Å². The summed E-state index contributed by atoms with van der Waals surface area (Å²) in [5, 5.41) is 9.79. The second kappa shape index (κ2) is 2.71. The van der Waals surface area contributed by atoms with Gasteiger partial charge in [0.1, 0.15) is 0 Å². The zero-order valence-electron chi connectivity index (χ0n) is 8.12. The van der Waals surface area contributed by atoms with E-state index in [1.165, 1.54) is 7.11 Å². The first-order valence-electron chi connectivity index (χ1n) is 4.85. The van der Waals surface area contributed by atoms with Gasteiger partial charge >= 0.3 is 5.97 Å². The number of fused-ring (bicyclic) bond motifs is 2. The van der Waals surface area contributed by atoms with E-state index in [0.717, 1.165) is 19.3 Å². The summed E-state index contributed by atoms with van der Waals surface area (Å²) < 4.78 is 4.78. The van der Waals surface area contributed by atoms with Crippen molar-refractivity contribution in [1.29, 1.82) is 0 Å². The van der Waals surface area contributed by atoms with Crippen LogP contribution in [-0.4, -0.2) is 24.3 Å². The van der Waals surface area contributed by atoms with Gasteiger partial charge < -0.3 is 9.84 Å². The van der Waals surface area contributed by atoms with Crippen LogP contribution in [0.4, 0.5) is 0 Å². The van der Waals surface area contributed by atoms with Crippen molar-refractivity contribution in [3.63, 3.8) is 0 Å². The number of rotatable bonds is 1. The Morgan fingerprint density at radius 2 is 2.31 bits per heavy atom. The van der Waals surface area contributed by atoms with E-state index in [4.69, 9.17) is 4.74 Å². The van der Waals surface area contributed by atoms with Crippen LogP contribution < -0.4 is 0 Å². The smallest absolute Gasteiger partial charge is 0.309 e. The number of methoxy groups -OCH3 is 1. The molecule has 3 nitrogen and oxygen atoms in total. The number of carbonyl (C=O) groups excluding carboxylic acids is 1. The predicted octanol–water partition coefficient (Wildman–Crippen LogP) is 0.956. The summed E-state index contributed by atoms with van der Waals surface area (Å²) in [6.07, 6.45) is 2.48. The predicted molar refractivity (Wildman–Crippen MR) is 47.0 cm³/mol. The summed E-state index contributed by atoms with van der Waals surface area (Å²) in [6, 6.07) is 0. The molecule has 0 aromatic carbocycles. The molecule has 2 aliphatic carbocycles. The Kier molecular flexibility index (Phi) is 1.88. The first-order valence-corrected chi connectivity index (χ1v) is 4.85. The van der Waals surface area contributed by atoms with Gasteiger partial charge in [0.05, 0.1) is 19.1 Å². The first kappa shape index (κ1) is 9.00. The molecule has 0 amide bonds. The Bertz CT molecular complexity index is 238. The molecule has 2 fully saturated rings. The molecule has 4 unspecified atom stereocenters. The molecule has 0 aliphatic heterocycles. The van der Waals surface area contributed by atoms with E-state index in [-0.39, 0.29) is 23.4 Å². The maximum absolute atomic E-state index is 11.5. The number of aliphatic hydroxyl groups is 1. The van der Waals surface area contributed by atoms with Crippen LogP contribution in [0, 0.1) is 17.3 Å². The fourth-order valence-corrected chi connectivity index (χ4v) is 3.13. The van der Waals surface area contributed by atoms with Gasteiger partial charge in [0, 0.05) is 5.41 Å². The number of carbonyl (C=O) groups is 1. The van der Waals surface area contributed by atoms with Gasteiger partial charge in [-0.3, -0.25) is 4.79 Å². The third-order valence-electron chi connectivity index (χ3n) is 3.98. The Hall–Kier alpha value is -0.570. The van der Waals surface area contributed by atoms with Gasteiger partial charge in [0.2, 0.25) is 0 Å². The number of hydrogen-bond acceptors (Lipinski definition) is 3. The molecule has 0 spiro atoms. The van der Waals surface area contributed by atoms with E-state index in [1.807, 2.05) is 6.92 Å². The lowest BCUT2D eigenvalue weighted by molar-refractivity contribution is -0.150. The van der Waals surface area contributed by atoms with Crippen LogP contribution >= 0.6 is 0 Å². The topological polar surface area (TPSA) is 46.5 Å². The van der Waals surface area contributed by atoms with Crippen molar-refractivity contribution < 1.29 is 14.6 Å². The summed E-state index contributed by atoms with van der Waals surface area (Å²) in [5.74, 6) is 0.154. The van der Waals surface area contributed by atoms with Gasteiger partial charge in [-0.1, -0.05) is 6.92 Å². The van der Waals surface area contributed by atoms with Crippen LogP contribution in [-0.2, 0) is 9.53 Å². The van der Waals surface area contributed by atoms with Gasteiger partial charge in [-0.2, -0.15) is 0 Å². The Labute approximate surface area is 78.1 Å². The maximum Gasteiger partial charge on any atom is 0.309 e. The molecule has 74 valence electrons. The second-order valence-electron chi connectivity index (χ2n) is 4.56. The molecule has 2 aliphatic rings. The number of hydrogen-bond donors (Lipinski definition) is 1. The molecule has 0 radical (unpaired) electrons. The standard InChI is InChI=1S/C10H16O3/c1-10-4-3-6(5-7(10)11)8(10)9(12)13-2/h6-8,11H,3-5H2,1-2H3. The fraction of sp³-hybridized carbons (Fsp3) is 0.900. The van der Waals surface area contributed by atoms with Crippen molar-refractivity contribution in [3.8, 4) is 0 Å². The van der Waals surface area contributed by atoms with Gasteiger partial charge in [0.25, 0.3) is 0 Å². The minimum atomic E-state index is -0.310. The molecular weight excluding hydrogens is 168 g/mol. The number of ether oxygens (including phenoxy) is 1. The molecule has 1 N–H and O–H groups in total. The second-order valence-corrected chi connectivity index (χ2v) is 4.56. The van der Waals surface area contributed by atoms with Crippen molar-refractivity contribution in [2.75, 3.05) is 7.11 Å².